The maximum absolute atomic E-state index is 13.0. The number of halogens is 1. The lowest BCUT2D eigenvalue weighted by molar-refractivity contribution is -0.914. The maximum atomic E-state index is 13.0. The summed E-state index contributed by atoms with van der Waals surface area (Å²) in [6.07, 6.45) is 0.717. The third kappa shape index (κ3) is 4.90. The molecule has 0 unspecified atom stereocenters. The van der Waals surface area contributed by atoms with E-state index in [0.29, 0.717) is 13.0 Å². The number of hydrogen-bond donors (Lipinski definition) is 2. The number of hydrogen-bond acceptors (Lipinski definition) is 2. The van der Waals surface area contributed by atoms with Gasteiger partial charge in [-0.2, -0.15) is 0 Å². The predicted molar refractivity (Wildman–Crippen MR) is 111 cm³/mol. The minimum atomic E-state index is -0.231. The van der Waals surface area contributed by atoms with E-state index in [9.17, 15) is 9.18 Å². The molecule has 0 spiro atoms. The monoisotopic (exact) mass is 384 g/mol. The molecule has 0 aliphatic carbocycles. The smallest absolute Gasteiger partial charge is 0.278 e. The van der Waals surface area contributed by atoms with Gasteiger partial charge in [0, 0.05) is 12.2 Å². The minimum Gasteiger partial charge on any atom is -0.360 e. The molecule has 3 rings (SSSR count). The Balaban J connectivity index is 1.46. The number of benzene rings is 2. The van der Waals surface area contributed by atoms with Crippen molar-refractivity contribution in [3.8, 4) is 0 Å². The van der Waals surface area contributed by atoms with Gasteiger partial charge >= 0.3 is 0 Å². The van der Waals surface area contributed by atoms with Gasteiger partial charge in [0.2, 0.25) is 0 Å². The number of quaternary nitrogens is 1. The summed E-state index contributed by atoms with van der Waals surface area (Å²) < 4.78 is 13.0. The Hall–Kier alpha value is -2.40. The second kappa shape index (κ2) is 9.20. The molecular formula is C23H31FN3O+. The molecule has 1 atom stereocenters. The molecule has 1 heterocycles. The Morgan fingerprint density at radius 2 is 1.82 bits per heavy atom. The highest BCUT2D eigenvalue weighted by molar-refractivity contribution is 5.79. The number of carbonyl (C=O) groups is 1. The van der Waals surface area contributed by atoms with E-state index in [0.717, 1.165) is 31.7 Å². The standard InChI is InChI=1S/C23H30FN3O/c1-17-5-4-6-22(18(17)2)27-15-13-26(14-16-27)19(3)23(28)25-12-11-20-7-9-21(24)10-8-20/h4-10,19H,11-16H2,1-3H3,(H,25,28)/p+1/t19-/m1/s1. The number of nitrogens with zero attached hydrogens (tertiary/aromatic N) is 1. The van der Waals surface area contributed by atoms with Crippen molar-refractivity contribution in [3.05, 3.63) is 65.0 Å². The molecule has 2 aromatic rings. The predicted octanol–water partition coefficient (Wildman–Crippen LogP) is 1.89. The first-order chi connectivity index (χ1) is 13.5. The summed E-state index contributed by atoms with van der Waals surface area (Å²) in [5, 5.41) is 3.04. The fraction of sp³-hybridized carbons (Fsp3) is 0.435. The normalized spacial score (nSPS) is 16.1. The van der Waals surface area contributed by atoms with E-state index in [2.05, 4.69) is 42.3 Å². The Labute approximate surface area is 167 Å². The van der Waals surface area contributed by atoms with Gasteiger partial charge in [-0.1, -0.05) is 24.3 Å². The van der Waals surface area contributed by atoms with Crippen molar-refractivity contribution in [1.82, 2.24) is 5.32 Å². The molecule has 1 saturated heterocycles. The molecule has 5 heteroatoms. The average molecular weight is 385 g/mol. The summed E-state index contributed by atoms with van der Waals surface area (Å²) in [4.78, 5) is 16.3. The average Bonchev–Trinajstić information content (AvgIpc) is 2.71. The highest BCUT2D eigenvalue weighted by Crippen LogP contribution is 2.22. The summed E-state index contributed by atoms with van der Waals surface area (Å²) in [6, 6.07) is 12.9. The molecule has 2 aromatic carbocycles. The lowest BCUT2D eigenvalue weighted by atomic mass is 10.1. The van der Waals surface area contributed by atoms with Crippen LogP contribution in [0.25, 0.3) is 0 Å². The Morgan fingerprint density at radius 1 is 1.14 bits per heavy atom. The molecule has 1 amide bonds. The van der Waals surface area contributed by atoms with Crippen molar-refractivity contribution in [2.24, 2.45) is 0 Å². The zero-order valence-electron chi connectivity index (χ0n) is 17.1. The number of rotatable bonds is 6. The highest BCUT2D eigenvalue weighted by atomic mass is 19.1. The van der Waals surface area contributed by atoms with Crippen LogP contribution in [-0.2, 0) is 11.2 Å². The Bertz CT molecular complexity index is 798. The fourth-order valence-electron chi connectivity index (χ4n) is 3.87. The third-order valence-corrected chi connectivity index (χ3v) is 5.95. The van der Waals surface area contributed by atoms with E-state index in [1.165, 1.54) is 33.8 Å². The molecule has 1 fully saturated rings. The number of nitrogens with one attached hydrogen (secondary N) is 2. The number of anilines is 1. The molecule has 1 aliphatic rings. The van der Waals surface area contributed by atoms with Crippen molar-refractivity contribution in [1.29, 1.82) is 0 Å². The van der Waals surface area contributed by atoms with Gasteiger partial charge in [0.1, 0.15) is 5.82 Å². The van der Waals surface area contributed by atoms with E-state index < -0.39 is 0 Å². The Morgan fingerprint density at radius 3 is 2.50 bits per heavy atom. The van der Waals surface area contributed by atoms with Crippen LogP contribution in [-0.4, -0.2) is 44.7 Å². The third-order valence-electron chi connectivity index (χ3n) is 5.95. The van der Waals surface area contributed by atoms with Gasteiger partial charge < -0.3 is 15.1 Å². The lowest BCUT2D eigenvalue weighted by Crippen LogP contribution is -3.19. The summed E-state index contributed by atoms with van der Waals surface area (Å²) in [6.45, 7) is 10.8. The van der Waals surface area contributed by atoms with Gasteiger partial charge in [-0.15, -0.1) is 0 Å². The van der Waals surface area contributed by atoms with Crippen LogP contribution in [0.2, 0.25) is 0 Å². The number of amides is 1. The van der Waals surface area contributed by atoms with Crippen molar-refractivity contribution < 1.29 is 14.1 Å². The molecule has 150 valence electrons. The maximum Gasteiger partial charge on any atom is 0.278 e. The summed E-state index contributed by atoms with van der Waals surface area (Å²) in [5.41, 5.74) is 5.01. The molecule has 28 heavy (non-hydrogen) atoms. The van der Waals surface area contributed by atoms with E-state index >= 15 is 0 Å². The van der Waals surface area contributed by atoms with Gasteiger partial charge in [0.15, 0.2) is 6.04 Å². The second-order valence-corrected chi connectivity index (χ2v) is 7.75. The number of aryl methyl sites for hydroxylation is 1. The van der Waals surface area contributed by atoms with Crippen molar-refractivity contribution >= 4 is 11.6 Å². The molecule has 0 bridgehead atoms. The van der Waals surface area contributed by atoms with Crippen LogP contribution < -0.4 is 15.1 Å². The van der Waals surface area contributed by atoms with E-state index in [1.807, 2.05) is 6.92 Å². The van der Waals surface area contributed by atoms with Gasteiger partial charge in [-0.25, -0.2) is 4.39 Å². The molecule has 1 aliphatic heterocycles. The van der Waals surface area contributed by atoms with Crippen LogP contribution in [0.5, 0.6) is 0 Å². The van der Waals surface area contributed by atoms with Crippen LogP contribution in [0.15, 0.2) is 42.5 Å². The van der Waals surface area contributed by atoms with Gasteiger partial charge in [-0.3, -0.25) is 4.79 Å². The molecule has 0 radical (unpaired) electrons. The highest BCUT2D eigenvalue weighted by Gasteiger charge is 2.29. The molecule has 0 aromatic heterocycles. The first-order valence-electron chi connectivity index (χ1n) is 10.1. The largest absolute Gasteiger partial charge is 0.360 e. The topological polar surface area (TPSA) is 36.8 Å². The van der Waals surface area contributed by atoms with Crippen LogP contribution in [0.4, 0.5) is 10.1 Å². The molecule has 4 nitrogen and oxygen atoms in total. The SMILES string of the molecule is Cc1cccc(N2CC[NH+]([C@H](C)C(=O)NCCc3ccc(F)cc3)CC2)c1C. The quantitative estimate of drug-likeness (QED) is 0.798. The van der Waals surface area contributed by atoms with E-state index in [-0.39, 0.29) is 17.8 Å². The van der Waals surface area contributed by atoms with Crippen molar-refractivity contribution in [2.75, 3.05) is 37.6 Å². The van der Waals surface area contributed by atoms with Crippen LogP contribution in [0.1, 0.15) is 23.6 Å². The summed E-state index contributed by atoms with van der Waals surface area (Å²) >= 11 is 0. The van der Waals surface area contributed by atoms with Crippen molar-refractivity contribution in [2.45, 2.75) is 33.2 Å². The van der Waals surface area contributed by atoms with Gasteiger partial charge in [-0.05, 0) is 62.1 Å². The first kappa shape index (κ1) is 20.3. The number of carbonyl (C=O) groups excluding carboxylic acids is 1. The molecule has 2 N–H and O–H groups in total. The number of piperazine rings is 1. The zero-order valence-corrected chi connectivity index (χ0v) is 17.1. The van der Waals surface area contributed by atoms with E-state index in [1.54, 1.807) is 12.1 Å². The summed E-state index contributed by atoms with van der Waals surface area (Å²) in [7, 11) is 0. The minimum absolute atomic E-state index is 0.0611. The van der Waals surface area contributed by atoms with E-state index in [4.69, 9.17) is 0 Å². The van der Waals surface area contributed by atoms with Crippen LogP contribution in [0.3, 0.4) is 0 Å². The molecule has 0 saturated carbocycles. The molecular weight excluding hydrogens is 353 g/mol. The van der Waals surface area contributed by atoms with Crippen LogP contribution >= 0.6 is 0 Å². The fourth-order valence-corrected chi connectivity index (χ4v) is 3.87. The lowest BCUT2D eigenvalue weighted by Gasteiger charge is -2.36. The van der Waals surface area contributed by atoms with Crippen LogP contribution in [0, 0.1) is 19.7 Å². The van der Waals surface area contributed by atoms with Crippen molar-refractivity contribution in [3.63, 3.8) is 0 Å². The first-order valence-corrected chi connectivity index (χ1v) is 10.1. The van der Waals surface area contributed by atoms with Gasteiger partial charge in [0.05, 0.1) is 26.2 Å². The zero-order chi connectivity index (χ0) is 20.1. The second-order valence-electron chi connectivity index (χ2n) is 7.75. The summed E-state index contributed by atoms with van der Waals surface area (Å²) in [5.74, 6) is -0.137. The van der Waals surface area contributed by atoms with Gasteiger partial charge in [0.25, 0.3) is 5.91 Å². The Kier molecular flexibility index (Phi) is 6.68.